The molecule has 120 valence electrons. The molecule has 1 aliphatic rings. The molecule has 0 saturated carbocycles. The second-order valence-corrected chi connectivity index (χ2v) is 6.73. The van der Waals surface area contributed by atoms with Crippen LogP contribution in [-0.2, 0) is 0 Å². The smallest absolute Gasteiger partial charge is 0.0248 e. The van der Waals surface area contributed by atoms with Gasteiger partial charge < -0.3 is 4.90 Å². The Morgan fingerprint density at radius 1 is 0.826 bits per heavy atom. The van der Waals surface area contributed by atoms with Crippen LogP contribution in [0.25, 0.3) is 5.57 Å². The minimum atomic E-state index is 0.439. The zero-order chi connectivity index (χ0) is 16.1. The van der Waals surface area contributed by atoms with Crippen LogP contribution in [0.5, 0.6) is 0 Å². The van der Waals surface area contributed by atoms with Crippen LogP contribution in [0.2, 0.25) is 0 Å². The van der Waals surface area contributed by atoms with Gasteiger partial charge in [-0.05, 0) is 50.1 Å². The van der Waals surface area contributed by atoms with E-state index in [1.165, 1.54) is 42.4 Å². The molecule has 0 aromatic heterocycles. The maximum atomic E-state index is 2.49. The van der Waals surface area contributed by atoms with Crippen molar-refractivity contribution in [2.24, 2.45) is 0 Å². The Balaban J connectivity index is 2.11. The predicted octanol–water partition coefficient (Wildman–Crippen LogP) is 5.36. The molecule has 0 bridgehead atoms. The minimum Gasteiger partial charge on any atom is -0.306 e. The molecule has 0 spiro atoms. The molecular weight excluding hydrogens is 278 g/mol. The molecule has 1 nitrogen and oxygen atoms in total. The van der Waals surface area contributed by atoms with E-state index in [-0.39, 0.29) is 0 Å². The van der Waals surface area contributed by atoms with Crippen molar-refractivity contribution in [1.29, 1.82) is 0 Å². The largest absolute Gasteiger partial charge is 0.306 e. The molecule has 2 aromatic rings. The van der Waals surface area contributed by atoms with E-state index in [9.17, 15) is 0 Å². The maximum absolute atomic E-state index is 2.49. The van der Waals surface area contributed by atoms with E-state index < -0.39 is 0 Å². The monoisotopic (exact) mass is 305 g/mol. The molecule has 0 aliphatic heterocycles. The fourth-order valence-electron chi connectivity index (χ4n) is 3.80. The zero-order valence-electron chi connectivity index (χ0n) is 14.3. The SMILES string of the molecule is CN(C)[C@@H]1CCCC/C=C(\c2ccccc2)[C@@H]1c1ccccc1. The van der Waals surface area contributed by atoms with Gasteiger partial charge in [0, 0.05) is 12.0 Å². The predicted molar refractivity (Wildman–Crippen MR) is 99.5 cm³/mol. The normalized spacial score (nSPS) is 24.6. The van der Waals surface area contributed by atoms with Gasteiger partial charge in [0.1, 0.15) is 0 Å². The van der Waals surface area contributed by atoms with E-state index in [2.05, 4.69) is 85.7 Å². The molecule has 0 radical (unpaired) electrons. The molecule has 0 amide bonds. The number of allylic oxidation sites excluding steroid dienone is 1. The summed E-state index contributed by atoms with van der Waals surface area (Å²) >= 11 is 0. The number of rotatable bonds is 3. The highest BCUT2D eigenvalue weighted by atomic mass is 15.1. The van der Waals surface area contributed by atoms with Crippen LogP contribution >= 0.6 is 0 Å². The van der Waals surface area contributed by atoms with Gasteiger partial charge >= 0.3 is 0 Å². The van der Waals surface area contributed by atoms with Gasteiger partial charge in [0.05, 0.1) is 0 Å². The Kier molecular flexibility index (Phi) is 5.30. The molecule has 2 atom stereocenters. The van der Waals surface area contributed by atoms with Gasteiger partial charge in [-0.3, -0.25) is 0 Å². The molecule has 0 heterocycles. The fourth-order valence-corrected chi connectivity index (χ4v) is 3.80. The van der Waals surface area contributed by atoms with Crippen molar-refractivity contribution in [1.82, 2.24) is 4.90 Å². The van der Waals surface area contributed by atoms with Crippen LogP contribution in [0, 0.1) is 0 Å². The molecule has 3 rings (SSSR count). The van der Waals surface area contributed by atoms with Crippen molar-refractivity contribution in [3.05, 3.63) is 77.9 Å². The third-order valence-electron chi connectivity index (χ3n) is 4.97. The molecule has 0 unspecified atom stereocenters. The van der Waals surface area contributed by atoms with Crippen LogP contribution in [-0.4, -0.2) is 25.0 Å². The van der Waals surface area contributed by atoms with E-state index in [0.717, 1.165) is 0 Å². The Bertz CT molecular complexity index is 628. The Hall–Kier alpha value is -1.86. The molecule has 2 aromatic carbocycles. The van der Waals surface area contributed by atoms with Crippen LogP contribution in [0.3, 0.4) is 0 Å². The van der Waals surface area contributed by atoms with Gasteiger partial charge in [0.25, 0.3) is 0 Å². The van der Waals surface area contributed by atoms with Crippen molar-refractivity contribution in [3.8, 4) is 0 Å². The van der Waals surface area contributed by atoms with E-state index in [0.29, 0.717) is 12.0 Å². The van der Waals surface area contributed by atoms with Gasteiger partial charge in [0.15, 0.2) is 0 Å². The number of nitrogens with zero attached hydrogens (tertiary/aromatic N) is 1. The van der Waals surface area contributed by atoms with Gasteiger partial charge in [-0.15, -0.1) is 0 Å². The lowest BCUT2D eigenvalue weighted by Crippen LogP contribution is -2.35. The Labute approximate surface area is 140 Å². The highest BCUT2D eigenvalue weighted by Crippen LogP contribution is 2.40. The average molecular weight is 305 g/mol. The van der Waals surface area contributed by atoms with Crippen LogP contribution < -0.4 is 0 Å². The first-order valence-corrected chi connectivity index (χ1v) is 8.74. The first-order valence-electron chi connectivity index (χ1n) is 8.74. The summed E-state index contributed by atoms with van der Waals surface area (Å²) in [6.45, 7) is 0. The Morgan fingerprint density at radius 2 is 1.48 bits per heavy atom. The van der Waals surface area contributed by atoms with Gasteiger partial charge in [0.2, 0.25) is 0 Å². The number of likely N-dealkylation sites (N-methyl/N-ethyl adjacent to an activating group) is 1. The van der Waals surface area contributed by atoms with Crippen LogP contribution in [0.1, 0.15) is 42.7 Å². The van der Waals surface area contributed by atoms with E-state index in [4.69, 9.17) is 0 Å². The number of hydrogen-bond acceptors (Lipinski definition) is 1. The molecule has 0 saturated heterocycles. The van der Waals surface area contributed by atoms with Crippen LogP contribution in [0.4, 0.5) is 0 Å². The lowest BCUT2D eigenvalue weighted by Gasteiger charge is -2.36. The molecule has 1 aliphatic carbocycles. The lowest BCUT2D eigenvalue weighted by atomic mass is 9.77. The van der Waals surface area contributed by atoms with Crippen molar-refractivity contribution in [2.75, 3.05) is 14.1 Å². The standard InChI is InChI=1S/C22H27N/c1-23(2)21-17-11-5-10-16-20(18-12-6-3-7-13-18)22(21)19-14-8-4-9-15-19/h3-4,6-9,12-16,21-22H,5,10-11,17H2,1-2H3/b20-16+/t21-,22+/m1/s1. The average Bonchev–Trinajstić information content (AvgIpc) is 2.56. The summed E-state index contributed by atoms with van der Waals surface area (Å²) in [5.41, 5.74) is 4.30. The van der Waals surface area contributed by atoms with Crippen molar-refractivity contribution < 1.29 is 0 Å². The number of hydrogen-bond donors (Lipinski definition) is 0. The first kappa shape index (κ1) is 16.0. The summed E-state index contributed by atoms with van der Waals surface area (Å²) in [7, 11) is 4.45. The second-order valence-electron chi connectivity index (χ2n) is 6.73. The summed E-state index contributed by atoms with van der Waals surface area (Å²) in [5, 5.41) is 0. The van der Waals surface area contributed by atoms with Crippen molar-refractivity contribution in [2.45, 2.75) is 37.6 Å². The highest BCUT2D eigenvalue weighted by molar-refractivity contribution is 5.72. The third-order valence-corrected chi connectivity index (χ3v) is 4.97. The molecule has 1 heteroatoms. The second kappa shape index (κ2) is 7.61. The van der Waals surface area contributed by atoms with E-state index in [1.54, 1.807) is 0 Å². The summed E-state index contributed by atoms with van der Waals surface area (Å²) in [4.78, 5) is 2.42. The lowest BCUT2D eigenvalue weighted by molar-refractivity contribution is 0.254. The molecular formula is C22H27N. The van der Waals surface area contributed by atoms with Crippen molar-refractivity contribution in [3.63, 3.8) is 0 Å². The quantitative estimate of drug-likeness (QED) is 0.738. The van der Waals surface area contributed by atoms with E-state index in [1.807, 2.05) is 0 Å². The zero-order valence-corrected chi connectivity index (χ0v) is 14.3. The molecule has 0 N–H and O–H groups in total. The van der Waals surface area contributed by atoms with Gasteiger partial charge in [-0.1, -0.05) is 73.2 Å². The fraction of sp³-hybridized carbons (Fsp3) is 0.364. The number of benzene rings is 2. The van der Waals surface area contributed by atoms with E-state index >= 15 is 0 Å². The Morgan fingerprint density at radius 3 is 2.13 bits per heavy atom. The van der Waals surface area contributed by atoms with Gasteiger partial charge in [-0.25, -0.2) is 0 Å². The topological polar surface area (TPSA) is 3.24 Å². The summed E-state index contributed by atoms with van der Waals surface area (Å²) in [5.74, 6) is 0.439. The first-order chi connectivity index (χ1) is 11.3. The molecule has 23 heavy (non-hydrogen) atoms. The summed E-state index contributed by atoms with van der Waals surface area (Å²) < 4.78 is 0. The highest BCUT2D eigenvalue weighted by Gasteiger charge is 2.29. The summed E-state index contributed by atoms with van der Waals surface area (Å²) in [6.07, 6.45) is 7.54. The minimum absolute atomic E-state index is 0.439. The van der Waals surface area contributed by atoms with Crippen molar-refractivity contribution >= 4 is 5.57 Å². The third kappa shape index (κ3) is 3.73. The van der Waals surface area contributed by atoms with Crippen LogP contribution in [0.15, 0.2) is 66.7 Å². The molecule has 0 fully saturated rings. The van der Waals surface area contributed by atoms with Gasteiger partial charge in [-0.2, -0.15) is 0 Å². The maximum Gasteiger partial charge on any atom is 0.0248 e. The summed E-state index contributed by atoms with van der Waals surface area (Å²) in [6, 6.07) is 22.5.